The number of hydrogen-bond donors (Lipinski definition) is 0. The zero-order valence-electron chi connectivity index (χ0n) is 10.1. The summed E-state index contributed by atoms with van der Waals surface area (Å²) in [4.78, 5) is 11.7. The molecule has 0 saturated heterocycles. The predicted molar refractivity (Wildman–Crippen MR) is 73.0 cm³/mol. The smallest absolute Gasteiger partial charge is 0.287 e. The Morgan fingerprint density at radius 2 is 2.00 bits per heavy atom. The molecule has 0 aliphatic rings. The fourth-order valence-corrected chi connectivity index (χ4v) is 3.02. The topological polar surface area (TPSA) is 20.3 Å². The van der Waals surface area contributed by atoms with Gasteiger partial charge in [0.1, 0.15) is 8.07 Å². The summed E-state index contributed by atoms with van der Waals surface area (Å²) in [6, 6.07) is 7.27. The molecule has 0 fully saturated rings. The number of rotatable bonds is 4. The van der Waals surface area contributed by atoms with Crippen molar-refractivity contribution in [1.82, 2.24) is 0 Å². The van der Waals surface area contributed by atoms with E-state index in [0.29, 0.717) is 5.69 Å². The normalized spacial score (nSPS) is 10.8. The monoisotopic (exact) mass is 249 g/mol. The fraction of sp³-hybridized carbons (Fsp3) is 0.154. The summed E-state index contributed by atoms with van der Waals surface area (Å²) in [6.07, 6.45) is -1.47. The number of benzene rings is 1. The number of halogens is 1. The second-order valence-electron chi connectivity index (χ2n) is 4.05. The van der Waals surface area contributed by atoms with Crippen LogP contribution in [0.3, 0.4) is 0 Å². The van der Waals surface area contributed by atoms with E-state index in [4.69, 9.17) is 0 Å². The summed E-state index contributed by atoms with van der Waals surface area (Å²) in [6.45, 7) is 9.74. The van der Waals surface area contributed by atoms with Gasteiger partial charge >= 0.3 is 6.16 Å². The van der Waals surface area contributed by atoms with Crippen molar-refractivity contribution in [1.29, 1.82) is 0 Å². The zero-order valence-corrected chi connectivity index (χ0v) is 11.1. The first-order chi connectivity index (χ1) is 7.94. The molecule has 0 spiro atoms. The van der Waals surface area contributed by atoms with Crippen LogP contribution in [0.15, 0.2) is 48.8 Å². The van der Waals surface area contributed by atoms with Crippen LogP contribution >= 0.6 is 0 Å². The number of hydrogen-bond acceptors (Lipinski definition) is 1. The van der Waals surface area contributed by atoms with Gasteiger partial charge < -0.3 is 0 Å². The van der Waals surface area contributed by atoms with Crippen LogP contribution in [-0.2, 0) is 0 Å². The average Bonchev–Trinajstić information content (AvgIpc) is 2.36. The summed E-state index contributed by atoms with van der Waals surface area (Å²) in [7, 11) is -0.513. The Kier molecular flexibility index (Phi) is 4.01. The molecular weight excluding hydrogens is 233 g/mol. The molecule has 0 bridgehead atoms. The minimum absolute atomic E-state index is 0.539. The molecule has 0 aliphatic carbocycles. The van der Waals surface area contributed by atoms with E-state index in [1.165, 1.54) is 7.05 Å². The highest BCUT2D eigenvalue weighted by atomic mass is 28.3. The maximum Gasteiger partial charge on any atom is 0.404 e. The zero-order chi connectivity index (χ0) is 13.1. The minimum Gasteiger partial charge on any atom is -0.287 e. The number of carbonyl (C=O) groups is 1. The van der Waals surface area contributed by atoms with E-state index in [1.54, 1.807) is 6.07 Å². The molecule has 1 rings (SSSR count). The van der Waals surface area contributed by atoms with Gasteiger partial charge in [-0.25, -0.2) is 4.79 Å². The quantitative estimate of drug-likeness (QED) is 0.456. The lowest BCUT2D eigenvalue weighted by Crippen LogP contribution is -2.41. The molecule has 4 heteroatoms. The van der Waals surface area contributed by atoms with Crippen LogP contribution in [0.2, 0.25) is 6.55 Å². The fourth-order valence-electron chi connectivity index (χ4n) is 1.47. The molecule has 90 valence electrons. The Morgan fingerprint density at radius 3 is 2.47 bits per heavy atom. The molecule has 1 aromatic rings. The highest BCUT2D eigenvalue weighted by Crippen LogP contribution is 2.15. The predicted octanol–water partition coefficient (Wildman–Crippen LogP) is 2.95. The molecule has 0 unspecified atom stereocenters. The van der Waals surface area contributed by atoms with Gasteiger partial charge in [0.15, 0.2) is 0 Å². The van der Waals surface area contributed by atoms with Crippen LogP contribution in [0, 0.1) is 0 Å². The number of nitrogens with zero attached hydrogens (tertiary/aromatic N) is 1. The molecule has 2 nitrogen and oxygen atoms in total. The highest BCUT2D eigenvalue weighted by Gasteiger charge is 2.22. The molecule has 0 heterocycles. The van der Waals surface area contributed by atoms with Crippen LogP contribution in [0.1, 0.15) is 0 Å². The van der Waals surface area contributed by atoms with E-state index in [1.807, 2.05) is 29.6 Å². The number of carbonyl (C=O) groups excluding carboxylic acids is 1. The maximum atomic E-state index is 12.6. The molecule has 17 heavy (non-hydrogen) atoms. The average molecular weight is 249 g/mol. The van der Waals surface area contributed by atoms with Gasteiger partial charge in [-0.2, -0.15) is 0 Å². The maximum absolute atomic E-state index is 12.6. The summed E-state index contributed by atoms with van der Waals surface area (Å²) < 4.78 is 12.6. The standard InChI is InChI=1S/C13H16FNOSi/c1-5-17(4,6-2)12-9-7-8-11(10-12)15(3)13(14)16/h5-10H,1-2H2,3-4H3. The van der Waals surface area contributed by atoms with E-state index >= 15 is 0 Å². The van der Waals surface area contributed by atoms with Crippen molar-refractivity contribution < 1.29 is 9.18 Å². The van der Waals surface area contributed by atoms with Gasteiger partial charge in [-0.1, -0.05) is 30.1 Å². The molecule has 0 saturated carbocycles. The highest BCUT2D eigenvalue weighted by molar-refractivity contribution is 6.98. The van der Waals surface area contributed by atoms with E-state index in [2.05, 4.69) is 19.7 Å². The Bertz CT molecular complexity index is 450. The van der Waals surface area contributed by atoms with Crippen molar-refractivity contribution in [2.45, 2.75) is 6.55 Å². The molecule has 0 N–H and O–H groups in total. The summed E-state index contributed by atoms with van der Waals surface area (Å²) in [5.74, 6) is 0. The van der Waals surface area contributed by atoms with Crippen molar-refractivity contribution in [2.24, 2.45) is 0 Å². The van der Waals surface area contributed by atoms with Gasteiger partial charge in [-0.05, 0) is 17.3 Å². The Hall–Kier alpha value is -1.68. The Balaban J connectivity index is 3.22. The van der Waals surface area contributed by atoms with Gasteiger partial charge in [-0.15, -0.1) is 17.5 Å². The van der Waals surface area contributed by atoms with Gasteiger partial charge in [-0.3, -0.25) is 4.90 Å². The second kappa shape index (κ2) is 5.10. The molecular formula is C13H16FNOSi. The Labute approximate surface area is 102 Å². The lowest BCUT2D eigenvalue weighted by atomic mass is 10.3. The summed E-state index contributed by atoms with van der Waals surface area (Å²) in [5.41, 5.74) is 4.34. The first-order valence-corrected chi connectivity index (χ1v) is 7.91. The third-order valence-electron chi connectivity index (χ3n) is 2.97. The molecule has 0 radical (unpaired) electrons. The lowest BCUT2D eigenvalue weighted by Gasteiger charge is -2.21. The van der Waals surface area contributed by atoms with E-state index in [0.717, 1.165) is 10.1 Å². The van der Waals surface area contributed by atoms with Gasteiger partial charge in [0.25, 0.3) is 0 Å². The number of amides is 1. The first-order valence-electron chi connectivity index (χ1n) is 5.25. The van der Waals surface area contributed by atoms with Crippen LogP contribution in [0.4, 0.5) is 14.9 Å². The largest absolute Gasteiger partial charge is 0.404 e. The van der Waals surface area contributed by atoms with Gasteiger partial charge in [0.05, 0.1) is 0 Å². The SMILES string of the molecule is C=C[Si](C)(C=C)c1cccc(N(C)C(=O)F)c1. The third kappa shape index (κ3) is 2.71. The molecule has 0 aromatic heterocycles. The van der Waals surface area contributed by atoms with Crippen LogP contribution in [0.25, 0.3) is 0 Å². The lowest BCUT2D eigenvalue weighted by molar-refractivity contribution is 0.229. The van der Waals surface area contributed by atoms with Crippen LogP contribution < -0.4 is 10.1 Å². The van der Waals surface area contributed by atoms with Crippen molar-refractivity contribution in [2.75, 3.05) is 11.9 Å². The van der Waals surface area contributed by atoms with Crippen LogP contribution in [-0.4, -0.2) is 21.3 Å². The van der Waals surface area contributed by atoms with Crippen LogP contribution in [0.5, 0.6) is 0 Å². The van der Waals surface area contributed by atoms with Gasteiger partial charge in [0, 0.05) is 12.7 Å². The van der Waals surface area contributed by atoms with Crippen molar-refractivity contribution in [3.63, 3.8) is 0 Å². The van der Waals surface area contributed by atoms with E-state index in [9.17, 15) is 9.18 Å². The third-order valence-corrected chi connectivity index (χ3v) is 6.22. The molecule has 0 atom stereocenters. The van der Waals surface area contributed by atoms with Gasteiger partial charge in [0.2, 0.25) is 0 Å². The molecule has 0 aliphatic heterocycles. The summed E-state index contributed by atoms with van der Waals surface area (Å²) in [5, 5.41) is 1.05. The van der Waals surface area contributed by atoms with E-state index in [-0.39, 0.29) is 0 Å². The number of anilines is 1. The summed E-state index contributed by atoms with van der Waals surface area (Å²) >= 11 is 0. The molecule has 1 aromatic carbocycles. The van der Waals surface area contributed by atoms with E-state index < -0.39 is 14.2 Å². The molecule has 1 amide bonds. The minimum atomic E-state index is -1.92. The van der Waals surface area contributed by atoms with Crippen molar-refractivity contribution in [3.8, 4) is 0 Å². The Morgan fingerprint density at radius 1 is 1.41 bits per heavy atom. The van der Waals surface area contributed by atoms with Crippen molar-refractivity contribution >= 4 is 25.1 Å². The first kappa shape index (κ1) is 13.4. The second-order valence-corrected chi connectivity index (χ2v) is 8.01. The van der Waals surface area contributed by atoms with Crippen molar-refractivity contribution in [3.05, 3.63) is 48.8 Å².